The maximum absolute atomic E-state index is 12.5. The average molecular weight is 421 g/mol. The molecule has 1 aliphatic heterocycles. The van der Waals surface area contributed by atoms with Gasteiger partial charge in [0, 0.05) is 56.0 Å². The third-order valence-electron chi connectivity index (χ3n) is 6.67. The normalized spacial score (nSPS) is 21.3. The fourth-order valence-electron chi connectivity index (χ4n) is 4.78. The van der Waals surface area contributed by atoms with E-state index in [1.165, 1.54) is 0 Å². The number of fused-ring (bicyclic) bond motifs is 3. The van der Waals surface area contributed by atoms with E-state index in [0.29, 0.717) is 19.4 Å². The number of carbonyl (C=O) groups is 2. The van der Waals surface area contributed by atoms with Gasteiger partial charge in [-0.2, -0.15) is 0 Å². The number of ether oxygens (including phenoxy) is 1. The summed E-state index contributed by atoms with van der Waals surface area (Å²) in [6, 6.07) is 10.1. The number of piperazine rings is 1. The van der Waals surface area contributed by atoms with E-state index in [1.54, 1.807) is 6.26 Å². The Kier molecular flexibility index (Phi) is 5.50. The molecule has 2 aromatic carbocycles. The average Bonchev–Trinajstić information content (AvgIpc) is 3.19. The Morgan fingerprint density at radius 2 is 1.94 bits per heavy atom. The highest BCUT2D eigenvalue weighted by Crippen LogP contribution is 2.38. The van der Waals surface area contributed by atoms with Crippen molar-refractivity contribution < 1.29 is 18.7 Å². The van der Waals surface area contributed by atoms with E-state index in [-0.39, 0.29) is 23.9 Å². The number of benzene rings is 2. The van der Waals surface area contributed by atoms with Crippen LogP contribution in [0.25, 0.3) is 21.7 Å². The number of likely N-dealkylation sites (N-methyl/N-ethyl adjacent to an activating group) is 1. The van der Waals surface area contributed by atoms with Crippen LogP contribution in [0.1, 0.15) is 30.7 Å². The van der Waals surface area contributed by atoms with E-state index in [0.717, 1.165) is 65.8 Å². The highest BCUT2D eigenvalue weighted by atomic mass is 16.5. The van der Waals surface area contributed by atoms with Gasteiger partial charge in [0.15, 0.2) is 0 Å². The van der Waals surface area contributed by atoms with E-state index in [1.807, 2.05) is 18.2 Å². The zero-order valence-corrected chi connectivity index (χ0v) is 17.9. The second-order valence-corrected chi connectivity index (χ2v) is 8.78. The topological polar surface area (TPSA) is 63.0 Å². The zero-order valence-electron chi connectivity index (χ0n) is 17.9. The first kappa shape index (κ1) is 20.2. The van der Waals surface area contributed by atoms with Crippen LogP contribution in [0.15, 0.2) is 41.0 Å². The number of hydrogen-bond acceptors (Lipinski definition) is 6. The molecular formula is C25H28N2O4. The molecule has 6 heteroatoms. The molecule has 0 N–H and O–H groups in total. The minimum absolute atomic E-state index is 0.000173. The van der Waals surface area contributed by atoms with E-state index in [9.17, 15) is 9.59 Å². The second kappa shape index (κ2) is 8.44. The lowest BCUT2D eigenvalue weighted by Gasteiger charge is -2.32. The minimum Gasteiger partial charge on any atom is -0.492 e. The Hall–Kier alpha value is -2.70. The first-order valence-corrected chi connectivity index (χ1v) is 11.1. The quantitative estimate of drug-likeness (QED) is 0.588. The maximum Gasteiger partial charge on any atom is 0.147 e. The molecule has 31 heavy (non-hydrogen) atoms. The molecule has 1 aromatic heterocycles. The second-order valence-electron chi connectivity index (χ2n) is 8.78. The minimum atomic E-state index is -0.260. The van der Waals surface area contributed by atoms with Gasteiger partial charge < -0.3 is 14.1 Å². The van der Waals surface area contributed by atoms with Crippen molar-refractivity contribution in [2.24, 2.45) is 0 Å². The fraction of sp³-hybridized carbons (Fsp3) is 0.440. The molecule has 0 spiro atoms. The molecule has 1 saturated carbocycles. The van der Waals surface area contributed by atoms with Gasteiger partial charge in [0.2, 0.25) is 0 Å². The molecule has 1 unspecified atom stereocenters. The van der Waals surface area contributed by atoms with Crippen LogP contribution in [0.3, 0.4) is 0 Å². The van der Waals surface area contributed by atoms with Crippen LogP contribution in [-0.2, 0) is 9.59 Å². The number of hydrogen-bond donors (Lipinski definition) is 0. The summed E-state index contributed by atoms with van der Waals surface area (Å²) < 4.78 is 11.8. The summed E-state index contributed by atoms with van der Waals surface area (Å²) in [5.74, 6) is 0.631. The number of nitrogens with zero attached hydrogens (tertiary/aromatic N) is 2. The number of ketones is 2. The Labute approximate surface area is 181 Å². The summed E-state index contributed by atoms with van der Waals surface area (Å²) >= 11 is 0. The van der Waals surface area contributed by atoms with Gasteiger partial charge in [-0.05, 0) is 48.5 Å². The van der Waals surface area contributed by atoms with Gasteiger partial charge in [-0.15, -0.1) is 0 Å². The van der Waals surface area contributed by atoms with Gasteiger partial charge in [-0.1, -0.05) is 6.07 Å². The van der Waals surface area contributed by atoms with Gasteiger partial charge in [0.05, 0.1) is 12.7 Å². The van der Waals surface area contributed by atoms with E-state index in [4.69, 9.17) is 9.15 Å². The molecule has 2 fully saturated rings. The van der Waals surface area contributed by atoms with Gasteiger partial charge in [-0.25, -0.2) is 0 Å². The summed E-state index contributed by atoms with van der Waals surface area (Å²) in [6.07, 6.45) is 2.76. The van der Waals surface area contributed by atoms with Gasteiger partial charge in [-0.3, -0.25) is 14.5 Å². The Morgan fingerprint density at radius 3 is 2.74 bits per heavy atom. The Balaban J connectivity index is 1.35. The summed E-state index contributed by atoms with van der Waals surface area (Å²) in [7, 11) is 2.16. The molecule has 0 radical (unpaired) electrons. The number of furan rings is 1. The van der Waals surface area contributed by atoms with Crippen molar-refractivity contribution in [2.75, 3.05) is 46.4 Å². The van der Waals surface area contributed by atoms with E-state index in [2.05, 4.69) is 29.0 Å². The molecule has 6 nitrogen and oxygen atoms in total. The van der Waals surface area contributed by atoms with Crippen molar-refractivity contribution in [1.29, 1.82) is 0 Å². The highest BCUT2D eigenvalue weighted by molar-refractivity contribution is 6.11. The molecule has 2 aliphatic rings. The Bertz CT molecular complexity index is 1130. The van der Waals surface area contributed by atoms with Crippen LogP contribution in [0.2, 0.25) is 0 Å². The monoisotopic (exact) mass is 420 g/mol. The summed E-state index contributed by atoms with van der Waals surface area (Å²) in [4.78, 5) is 28.9. The molecule has 1 atom stereocenters. The standard InChI is InChI=1S/C25H28N2O4/c1-26-8-10-27(11-9-26)12-13-30-19-4-6-20-17(14-19)2-7-24-25(20)22(16-31-24)21-5-3-18(28)15-23(21)29/h2,4,6-7,14,16,21H,3,5,8-13,15H2,1H3. The van der Waals surface area contributed by atoms with Crippen LogP contribution in [0, 0.1) is 0 Å². The lowest BCUT2D eigenvalue weighted by atomic mass is 9.81. The third-order valence-corrected chi connectivity index (χ3v) is 6.67. The van der Waals surface area contributed by atoms with Crippen molar-refractivity contribution in [3.05, 3.63) is 42.2 Å². The van der Waals surface area contributed by atoms with Crippen LogP contribution >= 0.6 is 0 Å². The van der Waals surface area contributed by atoms with Gasteiger partial charge in [0.1, 0.15) is 29.5 Å². The lowest BCUT2D eigenvalue weighted by Crippen LogP contribution is -2.45. The third kappa shape index (κ3) is 4.10. The molecule has 2 heterocycles. The van der Waals surface area contributed by atoms with Crippen molar-refractivity contribution in [3.8, 4) is 5.75 Å². The van der Waals surface area contributed by atoms with Gasteiger partial charge >= 0.3 is 0 Å². The summed E-state index contributed by atoms with van der Waals surface area (Å²) in [6.45, 7) is 5.99. The van der Waals surface area contributed by atoms with E-state index < -0.39 is 0 Å². The SMILES string of the molecule is CN1CCN(CCOc2ccc3c(ccc4occ(C5CCC(=O)CC5=O)c43)c2)CC1. The smallest absolute Gasteiger partial charge is 0.147 e. The van der Waals surface area contributed by atoms with Crippen molar-refractivity contribution in [1.82, 2.24) is 9.80 Å². The molecule has 3 aromatic rings. The van der Waals surface area contributed by atoms with Crippen LogP contribution in [0.4, 0.5) is 0 Å². The van der Waals surface area contributed by atoms with Crippen LogP contribution < -0.4 is 4.74 Å². The molecular weight excluding hydrogens is 392 g/mol. The molecule has 1 saturated heterocycles. The highest BCUT2D eigenvalue weighted by Gasteiger charge is 2.31. The van der Waals surface area contributed by atoms with E-state index >= 15 is 0 Å². The first-order valence-electron chi connectivity index (χ1n) is 11.1. The van der Waals surface area contributed by atoms with Crippen molar-refractivity contribution in [2.45, 2.75) is 25.2 Å². The number of Topliss-reactive ketones (excluding diaryl/α,β-unsaturated/α-hetero) is 2. The molecule has 5 rings (SSSR count). The Morgan fingerprint density at radius 1 is 1.10 bits per heavy atom. The maximum atomic E-state index is 12.5. The van der Waals surface area contributed by atoms with Crippen molar-refractivity contribution in [3.63, 3.8) is 0 Å². The summed E-state index contributed by atoms with van der Waals surface area (Å²) in [5.41, 5.74) is 1.68. The fourth-order valence-corrected chi connectivity index (χ4v) is 4.78. The molecule has 0 amide bonds. The molecule has 162 valence electrons. The van der Waals surface area contributed by atoms with Crippen LogP contribution in [-0.4, -0.2) is 67.7 Å². The predicted molar refractivity (Wildman–Crippen MR) is 120 cm³/mol. The first-order chi connectivity index (χ1) is 15.1. The molecule has 0 bridgehead atoms. The molecule has 1 aliphatic carbocycles. The summed E-state index contributed by atoms with van der Waals surface area (Å²) in [5, 5.41) is 3.10. The number of rotatable bonds is 5. The van der Waals surface area contributed by atoms with Crippen LogP contribution in [0.5, 0.6) is 5.75 Å². The number of carbonyl (C=O) groups excluding carboxylic acids is 2. The van der Waals surface area contributed by atoms with Crippen molar-refractivity contribution >= 4 is 33.3 Å². The lowest BCUT2D eigenvalue weighted by molar-refractivity contribution is -0.130. The van der Waals surface area contributed by atoms with Gasteiger partial charge in [0.25, 0.3) is 0 Å². The zero-order chi connectivity index (χ0) is 21.4. The predicted octanol–water partition coefficient (Wildman–Crippen LogP) is 3.62. The largest absolute Gasteiger partial charge is 0.492 e.